The first kappa shape index (κ1) is 18.3. The Morgan fingerprint density at radius 1 is 1.00 bits per heavy atom. The van der Waals surface area contributed by atoms with Gasteiger partial charge in [-0.2, -0.15) is 0 Å². The van der Waals surface area contributed by atoms with Crippen molar-refractivity contribution in [3.8, 4) is 5.75 Å². The van der Waals surface area contributed by atoms with Gasteiger partial charge in [0.2, 0.25) is 0 Å². The van der Waals surface area contributed by atoms with E-state index in [2.05, 4.69) is 15.3 Å². The summed E-state index contributed by atoms with van der Waals surface area (Å²) in [4.78, 5) is 9.05. The number of pyridine rings is 2. The maximum atomic E-state index is 11.0. The average molecular weight is 390 g/mol. The molecule has 0 saturated heterocycles. The lowest BCUT2D eigenvalue weighted by atomic mass is 9.98. The molecule has 0 radical (unpaired) electrons. The average Bonchev–Trinajstić information content (AvgIpc) is 2.69. The lowest BCUT2D eigenvalue weighted by Gasteiger charge is -2.23. The van der Waals surface area contributed by atoms with Crippen LogP contribution in [0.4, 0.5) is 5.69 Å². The summed E-state index contributed by atoms with van der Waals surface area (Å²) < 4.78 is 0. The highest BCUT2D eigenvalue weighted by Crippen LogP contribution is 2.36. The van der Waals surface area contributed by atoms with Crippen LogP contribution >= 0.6 is 11.6 Å². The highest BCUT2D eigenvalue weighted by molar-refractivity contribution is 6.30. The number of anilines is 1. The highest BCUT2D eigenvalue weighted by atomic mass is 35.5. The topological polar surface area (TPSA) is 58.0 Å². The Morgan fingerprint density at radius 3 is 2.57 bits per heavy atom. The molecule has 2 aromatic heterocycles. The van der Waals surface area contributed by atoms with Gasteiger partial charge in [0.25, 0.3) is 0 Å². The van der Waals surface area contributed by atoms with Gasteiger partial charge in [-0.05, 0) is 55.8 Å². The number of phenols is 1. The number of aryl methyl sites for hydroxylation is 2. The molecule has 2 aromatic carbocycles. The lowest BCUT2D eigenvalue weighted by Crippen LogP contribution is -2.15. The second-order valence-electron chi connectivity index (χ2n) is 6.82. The van der Waals surface area contributed by atoms with Crippen molar-refractivity contribution in [2.24, 2.45) is 0 Å². The molecule has 0 spiro atoms. The number of aromatic hydroxyl groups is 1. The summed E-state index contributed by atoms with van der Waals surface area (Å²) in [7, 11) is 0. The quantitative estimate of drug-likeness (QED) is 0.462. The van der Waals surface area contributed by atoms with Crippen LogP contribution in [0.2, 0.25) is 5.02 Å². The Labute approximate surface area is 168 Å². The molecule has 4 nitrogen and oxygen atoms in total. The molecule has 0 aliphatic carbocycles. The largest absolute Gasteiger partial charge is 0.505 e. The minimum atomic E-state index is -0.340. The molecule has 0 saturated carbocycles. The molecule has 0 aliphatic heterocycles. The van der Waals surface area contributed by atoms with Gasteiger partial charge in [-0.15, -0.1) is 0 Å². The van der Waals surface area contributed by atoms with E-state index in [0.29, 0.717) is 10.5 Å². The second-order valence-corrected chi connectivity index (χ2v) is 7.26. The molecule has 1 unspecified atom stereocenters. The molecule has 0 fully saturated rings. The Balaban J connectivity index is 1.86. The summed E-state index contributed by atoms with van der Waals surface area (Å²) in [6.07, 6.45) is 1.75. The first-order valence-corrected chi connectivity index (χ1v) is 9.43. The van der Waals surface area contributed by atoms with E-state index in [1.165, 1.54) is 0 Å². The molecule has 0 bridgehead atoms. The van der Waals surface area contributed by atoms with E-state index in [0.717, 1.165) is 33.6 Å². The fourth-order valence-electron chi connectivity index (χ4n) is 3.32. The molecule has 140 valence electrons. The minimum Gasteiger partial charge on any atom is -0.505 e. The SMILES string of the molecule is Cc1ccc2ccc(C(Nc3ccc(Cl)cc3C)c3ccccn3)c(O)c2n1. The van der Waals surface area contributed by atoms with Crippen molar-refractivity contribution in [3.63, 3.8) is 0 Å². The number of benzene rings is 2. The molecule has 4 rings (SSSR count). The predicted octanol–water partition coefficient (Wildman–Crippen LogP) is 5.81. The standard InChI is InChI=1S/C23H20ClN3O/c1-14-13-17(24)9-11-19(14)27-22(20-5-3-4-12-25-20)18-10-8-16-7-6-15(2)26-21(16)23(18)28/h3-13,22,27-28H,1-2H3. The van der Waals surface area contributed by atoms with Crippen LogP contribution in [-0.2, 0) is 0 Å². The number of phenolic OH excluding ortho intramolecular Hbond substituents is 1. The van der Waals surface area contributed by atoms with Crippen molar-refractivity contribution in [1.82, 2.24) is 9.97 Å². The summed E-state index contributed by atoms with van der Waals surface area (Å²) >= 11 is 6.10. The van der Waals surface area contributed by atoms with Crippen molar-refractivity contribution < 1.29 is 5.11 Å². The van der Waals surface area contributed by atoms with Crippen LogP contribution in [-0.4, -0.2) is 15.1 Å². The van der Waals surface area contributed by atoms with Crippen LogP contribution < -0.4 is 5.32 Å². The number of halogens is 1. The molecule has 0 amide bonds. The molecule has 28 heavy (non-hydrogen) atoms. The maximum Gasteiger partial charge on any atom is 0.147 e. The first-order chi connectivity index (χ1) is 13.5. The molecule has 2 N–H and O–H groups in total. The first-order valence-electron chi connectivity index (χ1n) is 9.06. The molecular formula is C23H20ClN3O. The molecule has 5 heteroatoms. The van der Waals surface area contributed by atoms with E-state index in [-0.39, 0.29) is 11.8 Å². The summed E-state index contributed by atoms with van der Waals surface area (Å²) in [5.74, 6) is 0.163. The van der Waals surface area contributed by atoms with Gasteiger partial charge >= 0.3 is 0 Å². The van der Waals surface area contributed by atoms with Gasteiger partial charge in [0, 0.05) is 33.6 Å². The van der Waals surface area contributed by atoms with Crippen molar-refractivity contribution in [2.45, 2.75) is 19.9 Å². The van der Waals surface area contributed by atoms with E-state index >= 15 is 0 Å². The highest BCUT2D eigenvalue weighted by Gasteiger charge is 2.21. The third kappa shape index (κ3) is 3.51. The van der Waals surface area contributed by atoms with E-state index in [4.69, 9.17) is 11.6 Å². The fourth-order valence-corrected chi connectivity index (χ4v) is 3.55. The van der Waals surface area contributed by atoms with Crippen LogP contribution in [0.5, 0.6) is 5.75 Å². The Morgan fingerprint density at radius 2 is 1.82 bits per heavy atom. The zero-order chi connectivity index (χ0) is 19.7. The molecular weight excluding hydrogens is 370 g/mol. The molecule has 4 aromatic rings. The smallest absolute Gasteiger partial charge is 0.147 e. The normalized spacial score (nSPS) is 12.1. The summed E-state index contributed by atoms with van der Waals surface area (Å²) in [6, 6.07) is 18.9. The summed E-state index contributed by atoms with van der Waals surface area (Å²) in [5, 5.41) is 16.1. The molecule has 0 aliphatic rings. The van der Waals surface area contributed by atoms with Crippen molar-refractivity contribution in [1.29, 1.82) is 0 Å². The van der Waals surface area contributed by atoms with Crippen molar-refractivity contribution >= 4 is 28.2 Å². The zero-order valence-electron chi connectivity index (χ0n) is 15.6. The van der Waals surface area contributed by atoms with Crippen LogP contribution in [0.1, 0.15) is 28.6 Å². The number of nitrogens with zero attached hydrogens (tertiary/aromatic N) is 2. The van der Waals surface area contributed by atoms with E-state index in [1.54, 1.807) is 6.20 Å². The van der Waals surface area contributed by atoms with E-state index in [9.17, 15) is 5.11 Å². The Bertz CT molecular complexity index is 1150. The molecule has 1 atom stereocenters. The van der Waals surface area contributed by atoms with Crippen LogP contribution in [0.25, 0.3) is 10.9 Å². The summed E-state index contributed by atoms with van der Waals surface area (Å²) in [5.41, 5.74) is 4.92. The van der Waals surface area contributed by atoms with Gasteiger partial charge < -0.3 is 10.4 Å². The second kappa shape index (κ2) is 7.49. The van der Waals surface area contributed by atoms with Crippen molar-refractivity contribution in [3.05, 3.63) is 94.4 Å². The van der Waals surface area contributed by atoms with E-state index in [1.807, 2.05) is 74.5 Å². The number of hydrogen-bond donors (Lipinski definition) is 2. The predicted molar refractivity (Wildman–Crippen MR) is 114 cm³/mol. The Kier molecular flexibility index (Phi) is 4.88. The Hall–Kier alpha value is -3.11. The number of rotatable bonds is 4. The number of nitrogens with one attached hydrogen (secondary N) is 1. The van der Waals surface area contributed by atoms with Gasteiger partial charge in [0.15, 0.2) is 0 Å². The van der Waals surface area contributed by atoms with Gasteiger partial charge in [-0.3, -0.25) is 4.98 Å². The summed E-state index contributed by atoms with van der Waals surface area (Å²) in [6.45, 7) is 3.91. The fraction of sp³-hybridized carbons (Fsp3) is 0.130. The van der Waals surface area contributed by atoms with Gasteiger partial charge in [0.05, 0.1) is 11.7 Å². The van der Waals surface area contributed by atoms with Gasteiger partial charge in [-0.1, -0.05) is 35.9 Å². The lowest BCUT2D eigenvalue weighted by molar-refractivity contribution is 0.471. The van der Waals surface area contributed by atoms with Gasteiger partial charge in [0.1, 0.15) is 11.3 Å². The monoisotopic (exact) mass is 389 g/mol. The number of hydrogen-bond acceptors (Lipinski definition) is 4. The third-order valence-corrected chi connectivity index (χ3v) is 5.02. The minimum absolute atomic E-state index is 0.163. The number of aromatic nitrogens is 2. The van der Waals surface area contributed by atoms with Gasteiger partial charge in [-0.25, -0.2) is 4.98 Å². The van der Waals surface area contributed by atoms with Crippen LogP contribution in [0.3, 0.4) is 0 Å². The number of fused-ring (bicyclic) bond motifs is 1. The van der Waals surface area contributed by atoms with E-state index < -0.39 is 0 Å². The van der Waals surface area contributed by atoms with Crippen LogP contribution in [0, 0.1) is 13.8 Å². The van der Waals surface area contributed by atoms with Crippen molar-refractivity contribution in [2.75, 3.05) is 5.32 Å². The third-order valence-electron chi connectivity index (χ3n) is 4.79. The van der Waals surface area contributed by atoms with Crippen LogP contribution in [0.15, 0.2) is 66.9 Å². The maximum absolute atomic E-state index is 11.0. The molecule has 2 heterocycles. The zero-order valence-corrected chi connectivity index (χ0v) is 16.4.